The van der Waals surface area contributed by atoms with Crippen LogP contribution < -0.4 is 15.8 Å². The molecule has 0 spiro atoms. The SMILES string of the molecule is Cc1ccc(C(=O)O)cc1OCCC(=O)NC(N)=O. The molecule has 0 saturated carbocycles. The fourth-order valence-corrected chi connectivity index (χ4v) is 1.34. The van der Waals surface area contributed by atoms with Gasteiger partial charge >= 0.3 is 12.0 Å². The van der Waals surface area contributed by atoms with Crippen molar-refractivity contribution in [1.29, 1.82) is 0 Å². The quantitative estimate of drug-likeness (QED) is 0.723. The summed E-state index contributed by atoms with van der Waals surface area (Å²) in [5.41, 5.74) is 5.63. The summed E-state index contributed by atoms with van der Waals surface area (Å²) in [5.74, 6) is -1.23. The van der Waals surface area contributed by atoms with Crippen molar-refractivity contribution in [1.82, 2.24) is 5.32 Å². The van der Waals surface area contributed by atoms with Crippen LogP contribution in [0.25, 0.3) is 0 Å². The fourth-order valence-electron chi connectivity index (χ4n) is 1.34. The molecule has 7 nitrogen and oxygen atoms in total. The minimum Gasteiger partial charge on any atom is -0.493 e. The number of ether oxygens (including phenoxy) is 1. The van der Waals surface area contributed by atoms with Gasteiger partial charge < -0.3 is 15.6 Å². The highest BCUT2D eigenvalue weighted by Crippen LogP contribution is 2.19. The maximum absolute atomic E-state index is 11.1. The highest BCUT2D eigenvalue weighted by Gasteiger charge is 2.08. The third-order valence-corrected chi connectivity index (χ3v) is 2.28. The first-order valence-corrected chi connectivity index (χ1v) is 5.46. The molecule has 0 aromatic heterocycles. The molecule has 19 heavy (non-hydrogen) atoms. The molecular formula is C12H14N2O5. The molecule has 0 aliphatic heterocycles. The van der Waals surface area contributed by atoms with Crippen LogP contribution in [0.15, 0.2) is 18.2 Å². The molecule has 0 aliphatic rings. The second-order valence-corrected chi connectivity index (χ2v) is 3.80. The lowest BCUT2D eigenvalue weighted by molar-refractivity contribution is -0.120. The van der Waals surface area contributed by atoms with Gasteiger partial charge in [-0.2, -0.15) is 0 Å². The standard InChI is InChI=1S/C12H14N2O5/c1-7-2-3-8(11(16)17)6-9(7)19-5-4-10(15)14-12(13)18/h2-3,6H,4-5H2,1H3,(H,16,17)(H3,13,14,15,18). The number of benzene rings is 1. The number of carboxylic acid groups (broad SMARTS) is 1. The Hall–Kier alpha value is -2.57. The molecule has 0 bridgehead atoms. The summed E-state index contributed by atoms with van der Waals surface area (Å²) in [6, 6.07) is 3.53. The van der Waals surface area contributed by atoms with E-state index in [1.807, 2.05) is 5.32 Å². The van der Waals surface area contributed by atoms with E-state index < -0.39 is 17.9 Å². The summed E-state index contributed by atoms with van der Waals surface area (Å²) >= 11 is 0. The second kappa shape index (κ2) is 6.39. The fraction of sp³-hybridized carbons (Fsp3) is 0.250. The van der Waals surface area contributed by atoms with Crippen molar-refractivity contribution < 1.29 is 24.2 Å². The number of carbonyl (C=O) groups is 3. The number of hydrogen-bond donors (Lipinski definition) is 3. The summed E-state index contributed by atoms with van der Waals surface area (Å²) in [6.07, 6.45) is -0.0559. The number of carbonyl (C=O) groups excluding carboxylic acids is 2. The molecule has 0 aliphatic carbocycles. The normalized spacial score (nSPS) is 9.74. The van der Waals surface area contributed by atoms with Crippen LogP contribution in [0.4, 0.5) is 4.79 Å². The number of carboxylic acids is 1. The molecule has 0 fully saturated rings. The lowest BCUT2D eigenvalue weighted by Gasteiger charge is -2.09. The van der Waals surface area contributed by atoms with Crippen LogP contribution in [-0.2, 0) is 4.79 Å². The molecule has 0 heterocycles. The highest BCUT2D eigenvalue weighted by atomic mass is 16.5. The molecule has 4 N–H and O–H groups in total. The van der Waals surface area contributed by atoms with Crippen molar-refractivity contribution in [2.45, 2.75) is 13.3 Å². The van der Waals surface area contributed by atoms with Gasteiger partial charge in [-0.3, -0.25) is 10.1 Å². The number of aryl methyl sites for hydroxylation is 1. The van der Waals surface area contributed by atoms with E-state index in [0.717, 1.165) is 5.56 Å². The third kappa shape index (κ3) is 4.66. The topological polar surface area (TPSA) is 119 Å². The first kappa shape index (κ1) is 14.5. The summed E-state index contributed by atoms with van der Waals surface area (Å²) < 4.78 is 5.30. The Morgan fingerprint density at radius 3 is 2.63 bits per heavy atom. The van der Waals surface area contributed by atoms with Crippen molar-refractivity contribution in [2.24, 2.45) is 5.73 Å². The predicted octanol–water partition coefficient (Wildman–Crippen LogP) is 0.657. The number of urea groups is 1. The van der Waals surface area contributed by atoms with E-state index in [1.165, 1.54) is 12.1 Å². The number of aromatic carboxylic acids is 1. The van der Waals surface area contributed by atoms with E-state index in [2.05, 4.69) is 0 Å². The first-order chi connectivity index (χ1) is 8.90. The van der Waals surface area contributed by atoms with Crippen LogP contribution in [-0.4, -0.2) is 29.6 Å². The molecule has 1 aromatic carbocycles. The Balaban J connectivity index is 2.58. The van der Waals surface area contributed by atoms with Gasteiger partial charge in [-0.15, -0.1) is 0 Å². The van der Waals surface area contributed by atoms with Gasteiger partial charge in [-0.1, -0.05) is 6.07 Å². The minimum atomic E-state index is -1.06. The van der Waals surface area contributed by atoms with E-state index >= 15 is 0 Å². The van der Waals surface area contributed by atoms with Crippen LogP contribution in [0.5, 0.6) is 5.75 Å². The summed E-state index contributed by atoms with van der Waals surface area (Å²) in [6.45, 7) is 1.77. The number of nitrogens with two attached hydrogens (primary N) is 1. The Morgan fingerprint density at radius 1 is 1.37 bits per heavy atom. The Morgan fingerprint density at radius 2 is 2.05 bits per heavy atom. The average molecular weight is 266 g/mol. The third-order valence-electron chi connectivity index (χ3n) is 2.28. The van der Waals surface area contributed by atoms with E-state index in [-0.39, 0.29) is 18.6 Å². The van der Waals surface area contributed by atoms with Crippen molar-refractivity contribution in [3.63, 3.8) is 0 Å². The number of hydrogen-bond acceptors (Lipinski definition) is 4. The maximum Gasteiger partial charge on any atom is 0.335 e. The molecule has 102 valence electrons. The predicted molar refractivity (Wildman–Crippen MR) is 66.0 cm³/mol. The van der Waals surface area contributed by atoms with Crippen LogP contribution in [0.1, 0.15) is 22.3 Å². The maximum atomic E-state index is 11.1. The first-order valence-electron chi connectivity index (χ1n) is 5.46. The molecular weight excluding hydrogens is 252 g/mol. The molecule has 1 rings (SSSR count). The largest absolute Gasteiger partial charge is 0.493 e. The average Bonchev–Trinajstić information content (AvgIpc) is 2.30. The number of primary amides is 1. The zero-order valence-electron chi connectivity index (χ0n) is 10.3. The summed E-state index contributed by atoms with van der Waals surface area (Å²) in [5, 5.41) is 10.7. The van der Waals surface area contributed by atoms with Crippen molar-refractivity contribution in [2.75, 3.05) is 6.61 Å². The van der Waals surface area contributed by atoms with Gasteiger partial charge in [0.05, 0.1) is 18.6 Å². The molecule has 1 aromatic rings. The highest BCUT2D eigenvalue weighted by molar-refractivity contribution is 5.93. The van der Waals surface area contributed by atoms with E-state index in [0.29, 0.717) is 5.75 Å². The minimum absolute atomic E-state index is 0.0169. The lowest BCUT2D eigenvalue weighted by atomic mass is 10.1. The van der Waals surface area contributed by atoms with Gasteiger partial charge in [-0.25, -0.2) is 9.59 Å². The Bertz CT molecular complexity index is 513. The van der Waals surface area contributed by atoms with Gasteiger partial charge in [0.1, 0.15) is 5.75 Å². The van der Waals surface area contributed by atoms with Gasteiger partial charge in [0, 0.05) is 0 Å². The van der Waals surface area contributed by atoms with Crippen molar-refractivity contribution in [3.05, 3.63) is 29.3 Å². The van der Waals surface area contributed by atoms with Crippen LogP contribution in [0, 0.1) is 6.92 Å². The smallest absolute Gasteiger partial charge is 0.335 e. The number of imide groups is 1. The van der Waals surface area contributed by atoms with Crippen LogP contribution in [0.3, 0.4) is 0 Å². The molecule has 3 amide bonds. The van der Waals surface area contributed by atoms with Gasteiger partial charge in [0.25, 0.3) is 0 Å². The van der Waals surface area contributed by atoms with Gasteiger partial charge in [0.15, 0.2) is 0 Å². The summed E-state index contributed by atoms with van der Waals surface area (Å²) in [4.78, 5) is 32.3. The summed E-state index contributed by atoms with van der Waals surface area (Å²) in [7, 11) is 0. The molecule has 0 unspecified atom stereocenters. The van der Waals surface area contributed by atoms with Crippen LogP contribution in [0.2, 0.25) is 0 Å². The van der Waals surface area contributed by atoms with E-state index in [9.17, 15) is 14.4 Å². The van der Waals surface area contributed by atoms with Crippen molar-refractivity contribution in [3.8, 4) is 5.75 Å². The van der Waals surface area contributed by atoms with Gasteiger partial charge in [0.2, 0.25) is 5.91 Å². The monoisotopic (exact) mass is 266 g/mol. The molecule has 7 heteroatoms. The zero-order chi connectivity index (χ0) is 14.4. The molecule has 0 radical (unpaired) electrons. The Labute approximate surface area is 109 Å². The number of rotatable bonds is 5. The second-order valence-electron chi connectivity index (χ2n) is 3.80. The van der Waals surface area contributed by atoms with Gasteiger partial charge in [-0.05, 0) is 24.6 Å². The number of nitrogens with one attached hydrogen (secondary N) is 1. The number of amides is 3. The molecule has 0 atom stereocenters. The lowest BCUT2D eigenvalue weighted by Crippen LogP contribution is -2.35. The van der Waals surface area contributed by atoms with E-state index in [1.54, 1.807) is 13.0 Å². The van der Waals surface area contributed by atoms with E-state index in [4.69, 9.17) is 15.6 Å². The van der Waals surface area contributed by atoms with Crippen LogP contribution >= 0.6 is 0 Å². The van der Waals surface area contributed by atoms with Crippen molar-refractivity contribution >= 4 is 17.9 Å². The zero-order valence-corrected chi connectivity index (χ0v) is 10.3. The Kier molecular flexibility index (Phi) is 4.87. The molecule has 0 saturated heterocycles.